The third-order valence-corrected chi connectivity index (χ3v) is 5.50. The summed E-state index contributed by atoms with van der Waals surface area (Å²) >= 11 is 0. The number of amides is 1. The molecule has 0 saturated carbocycles. The van der Waals surface area contributed by atoms with E-state index in [0.717, 1.165) is 22.4 Å². The lowest BCUT2D eigenvalue weighted by Crippen LogP contribution is -2.18. The van der Waals surface area contributed by atoms with E-state index in [2.05, 4.69) is 30.2 Å². The van der Waals surface area contributed by atoms with Gasteiger partial charge in [-0.2, -0.15) is 0 Å². The molecule has 1 amide bonds. The van der Waals surface area contributed by atoms with Crippen molar-refractivity contribution in [2.45, 2.75) is 13.1 Å². The molecule has 0 aliphatic carbocycles. The minimum atomic E-state index is -0.0991. The van der Waals surface area contributed by atoms with Crippen LogP contribution in [-0.4, -0.2) is 37.9 Å². The Labute approximate surface area is 196 Å². The van der Waals surface area contributed by atoms with Crippen LogP contribution in [0.25, 0.3) is 23.7 Å². The lowest BCUT2D eigenvalue weighted by atomic mass is 10.1. The fourth-order valence-corrected chi connectivity index (χ4v) is 3.79. The van der Waals surface area contributed by atoms with Crippen LogP contribution in [0.5, 0.6) is 0 Å². The number of fused-ring (bicyclic) bond motifs is 1. The molecule has 4 heterocycles. The fourth-order valence-electron chi connectivity index (χ4n) is 3.79. The quantitative estimate of drug-likeness (QED) is 0.476. The van der Waals surface area contributed by atoms with Crippen molar-refractivity contribution in [3.05, 3.63) is 89.0 Å². The molecule has 0 fully saturated rings. The van der Waals surface area contributed by atoms with Gasteiger partial charge in [0.15, 0.2) is 5.82 Å². The van der Waals surface area contributed by atoms with E-state index in [1.165, 1.54) is 0 Å². The van der Waals surface area contributed by atoms with E-state index in [9.17, 15) is 4.79 Å². The smallest absolute Gasteiger partial charge is 0.251 e. The molecule has 1 aliphatic heterocycles. The molecule has 1 aromatic carbocycles. The van der Waals surface area contributed by atoms with E-state index >= 15 is 0 Å². The first-order chi connectivity index (χ1) is 16.6. The number of hydrogen-bond donors (Lipinski definition) is 2. The molecule has 3 aromatic heterocycles. The molecule has 3 N–H and O–H groups in total. The molecule has 0 atom stereocenters. The molecule has 0 bridgehead atoms. The maximum Gasteiger partial charge on any atom is 0.251 e. The van der Waals surface area contributed by atoms with Crippen molar-refractivity contribution >= 4 is 29.8 Å². The summed E-state index contributed by atoms with van der Waals surface area (Å²) in [6, 6.07) is 13.0. The standard InChI is InChI=1S/C25H22N8O/c1-27-24(34)17-3-4-18-14-33(15-19(18)13-17)25-30-11-8-21(32-25)23-29-10-7-20(31-23)5-2-16-6-9-28-22(26)12-16/h2-13H,14-15H2,1H3,(H2,26,28)(H,27,34)/b5-2+. The van der Waals surface area contributed by atoms with Gasteiger partial charge in [-0.1, -0.05) is 12.1 Å². The molecule has 34 heavy (non-hydrogen) atoms. The first-order valence-electron chi connectivity index (χ1n) is 10.7. The van der Waals surface area contributed by atoms with Crippen LogP contribution in [0.4, 0.5) is 11.8 Å². The van der Waals surface area contributed by atoms with Crippen LogP contribution >= 0.6 is 0 Å². The van der Waals surface area contributed by atoms with Gasteiger partial charge in [0.1, 0.15) is 11.5 Å². The topological polar surface area (TPSA) is 123 Å². The predicted octanol–water partition coefficient (Wildman–Crippen LogP) is 2.96. The Morgan fingerprint density at radius 1 is 0.941 bits per heavy atom. The van der Waals surface area contributed by atoms with Gasteiger partial charge in [0, 0.05) is 44.3 Å². The first kappa shape index (κ1) is 21.2. The highest BCUT2D eigenvalue weighted by Crippen LogP contribution is 2.27. The van der Waals surface area contributed by atoms with Gasteiger partial charge in [-0.25, -0.2) is 24.9 Å². The summed E-state index contributed by atoms with van der Waals surface area (Å²) in [5.41, 5.74) is 10.9. The summed E-state index contributed by atoms with van der Waals surface area (Å²) in [5, 5.41) is 2.66. The van der Waals surface area contributed by atoms with Gasteiger partial charge in [0.2, 0.25) is 5.95 Å². The van der Waals surface area contributed by atoms with Gasteiger partial charge in [-0.05, 0) is 59.2 Å². The van der Waals surface area contributed by atoms with Crippen molar-refractivity contribution in [1.29, 1.82) is 0 Å². The number of anilines is 2. The van der Waals surface area contributed by atoms with Crippen molar-refractivity contribution in [1.82, 2.24) is 30.2 Å². The van der Waals surface area contributed by atoms with Gasteiger partial charge in [-0.3, -0.25) is 4.79 Å². The van der Waals surface area contributed by atoms with E-state index in [0.29, 0.717) is 41.9 Å². The number of rotatable bonds is 5. The third kappa shape index (κ3) is 4.44. The van der Waals surface area contributed by atoms with Gasteiger partial charge in [-0.15, -0.1) is 0 Å². The highest BCUT2D eigenvalue weighted by Gasteiger charge is 2.23. The van der Waals surface area contributed by atoms with Gasteiger partial charge >= 0.3 is 0 Å². The lowest BCUT2D eigenvalue weighted by molar-refractivity contribution is 0.0963. The number of nitrogens with one attached hydrogen (secondary N) is 1. The molecule has 9 nitrogen and oxygen atoms in total. The molecule has 0 saturated heterocycles. The summed E-state index contributed by atoms with van der Waals surface area (Å²) in [5.74, 6) is 1.47. The number of carbonyl (C=O) groups is 1. The van der Waals surface area contributed by atoms with Crippen molar-refractivity contribution in [3.8, 4) is 11.5 Å². The zero-order chi connectivity index (χ0) is 23.5. The molecule has 0 spiro atoms. The molecule has 0 unspecified atom stereocenters. The van der Waals surface area contributed by atoms with Crippen molar-refractivity contribution in [2.75, 3.05) is 17.7 Å². The zero-order valence-electron chi connectivity index (χ0n) is 18.5. The lowest BCUT2D eigenvalue weighted by Gasteiger charge is -2.15. The average molecular weight is 451 g/mol. The monoisotopic (exact) mass is 450 g/mol. The van der Waals surface area contributed by atoms with Crippen LogP contribution in [-0.2, 0) is 13.1 Å². The van der Waals surface area contributed by atoms with Crippen molar-refractivity contribution in [2.24, 2.45) is 0 Å². The molecule has 4 aromatic rings. The maximum absolute atomic E-state index is 12.0. The number of hydrogen-bond acceptors (Lipinski definition) is 8. The number of nitrogens with two attached hydrogens (primary N) is 1. The Hall–Kier alpha value is -4.66. The maximum atomic E-state index is 12.0. The Morgan fingerprint density at radius 3 is 2.62 bits per heavy atom. The number of carbonyl (C=O) groups excluding carboxylic acids is 1. The zero-order valence-corrected chi connectivity index (χ0v) is 18.5. The first-order valence-corrected chi connectivity index (χ1v) is 10.7. The number of nitrogen functional groups attached to an aromatic ring is 1. The van der Waals surface area contributed by atoms with Crippen molar-refractivity contribution in [3.63, 3.8) is 0 Å². The SMILES string of the molecule is CNC(=O)c1ccc2c(c1)CN(c1nccc(-c3nccc(/C=C/c4ccnc(N)c4)n3)n1)C2. The van der Waals surface area contributed by atoms with E-state index in [1.807, 2.05) is 42.5 Å². The average Bonchev–Trinajstić information content (AvgIpc) is 3.31. The summed E-state index contributed by atoms with van der Waals surface area (Å²) < 4.78 is 0. The molecule has 1 aliphatic rings. The molecular weight excluding hydrogens is 428 g/mol. The molecular formula is C25H22N8O. The van der Waals surface area contributed by atoms with Crippen LogP contribution in [0.2, 0.25) is 0 Å². The van der Waals surface area contributed by atoms with Crippen LogP contribution < -0.4 is 16.0 Å². The van der Waals surface area contributed by atoms with Crippen LogP contribution in [0.3, 0.4) is 0 Å². The fraction of sp³-hybridized carbons (Fsp3) is 0.120. The van der Waals surface area contributed by atoms with E-state index in [1.54, 1.807) is 37.8 Å². The minimum absolute atomic E-state index is 0.0991. The molecule has 5 rings (SSSR count). The van der Waals surface area contributed by atoms with Crippen LogP contribution in [0.15, 0.2) is 61.1 Å². The molecule has 9 heteroatoms. The summed E-state index contributed by atoms with van der Waals surface area (Å²) in [6.45, 7) is 1.30. The summed E-state index contributed by atoms with van der Waals surface area (Å²) in [7, 11) is 1.63. The number of benzene rings is 1. The predicted molar refractivity (Wildman–Crippen MR) is 130 cm³/mol. The Morgan fingerprint density at radius 2 is 1.76 bits per heavy atom. The highest BCUT2D eigenvalue weighted by atomic mass is 16.1. The third-order valence-electron chi connectivity index (χ3n) is 5.50. The molecule has 0 radical (unpaired) electrons. The van der Waals surface area contributed by atoms with Gasteiger partial charge < -0.3 is 16.0 Å². The second-order valence-corrected chi connectivity index (χ2v) is 7.81. The summed E-state index contributed by atoms with van der Waals surface area (Å²) in [4.78, 5) is 36.2. The van der Waals surface area contributed by atoms with Gasteiger partial charge in [0.25, 0.3) is 5.91 Å². The van der Waals surface area contributed by atoms with Gasteiger partial charge in [0.05, 0.1) is 5.69 Å². The number of aromatic nitrogens is 5. The number of pyridine rings is 1. The van der Waals surface area contributed by atoms with Crippen LogP contribution in [0.1, 0.15) is 32.7 Å². The molecule has 168 valence electrons. The van der Waals surface area contributed by atoms with Crippen LogP contribution in [0, 0.1) is 0 Å². The Bertz CT molecular complexity index is 1400. The largest absolute Gasteiger partial charge is 0.384 e. The van der Waals surface area contributed by atoms with E-state index in [-0.39, 0.29) is 5.91 Å². The summed E-state index contributed by atoms with van der Waals surface area (Å²) in [6.07, 6.45) is 8.89. The Balaban J connectivity index is 1.36. The van der Waals surface area contributed by atoms with Crippen molar-refractivity contribution < 1.29 is 4.79 Å². The van der Waals surface area contributed by atoms with E-state index in [4.69, 9.17) is 10.7 Å². The minimum Gasteiger partial charge on any atom is -0.384 e. The second-order valence-electron chi connectivity index (χ2n) is 7.81. The number of nitrogens with zero attached hydrogens (tertiary/aromatic N) is 6. The Kier molecular flexibility index (Phi) is 5.65. The second kappa shape index (κ2) is 9.07. The van der Waals surface area contributed by atoms with E-state index < -0.39 is 0 Å². The normalized spacial score (nSPS) is 12.7. The highest BCUT2D eigenvalue weighted by molar-refractivity contribution is 5.94.